The molecule has 0 saturated carbocycles. The van der Waals surface area contributed by atoms with Gasteiger partial charge >= 0.3 is 0 Å². The number of anilines is 1. The number of imidazole rings is 1. The van der Waals surface area contributed by atoms with Crippen molar-refractivity contribution in [3.63, 3.8) is 0 Å². The normalized spacial score (nSPS) is 11.1. The van der Waals surface area contributed by atoms with Crippen LogP contribution in [0.25, 0.3) is 33.7 Å². The van der Waals surface area contributed by atoms with E-state index in [1.54, 1.807) is 18.2 Å². The van der Waals surface area contributed by atoms with Gasteiger partial charge in [-0.25, -0.2) is 9.37 Å². The van der Waals surface area contributed by atoms with E-state index in [1.165, 1.54) is 17.8 Å². The number of aryl methyl sites for hydroxylation is 1. The molecule has 0 fully saturated rings. The first-order valence-corrected chi connectivity index (χ1v) is 10.1. The third-order valence-electron chi connectivity index (χ3n) is 4.74. The molecular formula is C22H17FN6S. The zero-order valence-electron chi connectivity index (χ0n) is 16.1. The van der Waals surface area contributed by atoms with Crippen molar-refractivity contribution >= 4 is 28.4 Å². The van der Waals surface area contributed by atoms with Crippen LogP contribution in [0, 0.1) is 12.7 Å². The molecule has 0 aliphatic rings. The number of aromatic nitrogens is 5. The Morgan fingerprint density at radius 1 is 0.967 bits per heavy atom. The number of hydrogen-bond acceptors (Lipinski definition) is 6. The highest BCUT2D eigenvalue weighted by Crippen LogP contribution is 2.31. The molecule has 0 radical (unpaired) electrons. The van der Waals surface area contributed by atoms with E-state index in [-0.39, 0.29) is 5.82 Å². The smallest absolute Gasteiger partial charge is 0.146 e. The monoisotopic (exact) mass is 416 g/mol. The molecule has 6 nitrogen and oxygen atoms in total. The van der Waals surface area contributed by atoms with Gasteiger partial charge in [0.1, 0.15) is 22.7 Å². The Kier molecular flexibility index (Phi) is 4.68. The van der Waals surface area contributed by atoms with Crippen LogP contribution in [-0.2, 0) is 6.54 Å². The second-order valence-corrected chi connectivity index (χ2v) is 7.40. The summed E-state index contributed by atoms with van der Waals surface area (Å²) in [5.74, 6) is 0.384. The third kappa shape index (κ3) is 3.53. The van der Waals surface area contributed by atoms with Crippen LogP contribution in [0.3, 0.4) is 0 Å². The van der Waals surface area contributed by atoms with Crippen LogP contribution in [0.4, 0.5) is 10.1 Å². The Morgan fingerprint density at radius 2 is 1.83 bits per heavy atom. The third-order valence-corrected chi connectivity index (χ3v) is 5.30. The summed E-state index contributed by atoms with van der Waals surface area (Å²) in [4.78, 5) is 12.8. The highest BCUT2D eigenvalue weighted by Gasteiger charge is 2.16. The first kappa shape index (κ1) is 18.4. The molecule has 0 aliphatic heterocycles. The van der Waals surface area contributed by atoms with E-state index in [0.717, 1.165) is 39.4 Å². The molecule has 3 heterocycles. The number of aromatic amines is 1. The van der Waals surface area contributed by atoms with Crippen molar-refractivity contribution < 1.29 is 4.39 Å². The standard InChI is InChI=1S/C22H17FN6S/c1-13-5-4-8-18(25-13)22-21(14-9-10-17-19(11-14)29-30-28-17)26-20(27-22)12-24-16-7-3-2-6-15(16)23/h2-11,24H,12H2,1H3,(H,26,27). The summed E-state index contributed by atoms with van der Waals surface area (Å²) in [6.45, 7) is 2.30. The fourth-order valence-corrected chi connectivity index (χ4v) is 3.81. The lowest BCUT2D eigenvalue weighted by Crippen LogP contribution is -2.02. The second kappa shape index (κ2) is 7.64. The van der Waals surface area contributed by atoms with E-state index in [4.69, 9.17) is 4.98 Å². The number of pyridine rings is 1. The Bertz CT molecular complexity index is 1340. The van der Waals surface area contributed by atoms with Crippen molar-refractivity contribution in [3.05, 3.63) is 78.0 Å². The molecule has 8 heteroatoms. The van der Waals surface area contributed by atoms with Crippen molar-refractivity contribution in [2.75, 3.05) is 5.32 Å². The average molecular weight is 416 g/mol. The zero-order valence-corrected chi connectivity index (χ0v) is 16.9. The summed E-state index contributed by atoms with van der Waals surface area (Å²) in [6.07, 6.45) is 0. The van der Waals surface area contributed by atoms with Crippen LogP contribution < -0.4 is 5.32 Å². The lowest BCUT2D eigenvalue weighted by atomic mass is 10.1. The van der Waals surface area contributed by atoms with Crippen LogP contribution in [-0.4, -0.2) is 23.7 Å². The van der Waals surface area contributed by atoms with Crippen LogP contribution in [0.15, 0.2) is 60.7 Å². The van der Waals surface area contributed by atoms with E-state index in [9.17, 15) is 4.39 Å². The minimum Gasteiger partial charge on any atom is -0.375 e. The van der Waals surface area contributed by atoms with E-state index < -0.39 is 0 Å². The van der Waals surface area contributed by atoms with Gasteiger partial charge in [0.05, 0.1) is 41.0 Å². The summed E-state index contributed by atoms with van der Waals surface area (Å²) in [5, 5.41) is 3.10. The lowest BCUT2D eigenvalue weighted by molar-refractivity contribution is 0.630. The fourth-order valence-electron chi connectivity index (χ4n) is 3.30. The molecule has 30 heavy (non-hydrogen) atoms. The first-order valence-electron chi connectivity index (χ1n) is 9.41. The number of H-pyrrole nitrogens is 1. The SMILES string of the molecule is Cc1cccc(-c2[nH]c(CNc3ccccc3F)nc2-c2ccc3nsnc3c2)n1. The summed E-state index contributed by atoms with van der Waals surface area (Å²) >= 11 is 1.19. The largest absolute Gasteiger partial charge is 0.375 e. The van der Waals surface area contributed by atoms with Crippen molar-refractivity contribution in [1.82, 2.24) is 23.7 Å². The van der Waals surface area contributed by atoms with Gasteiger partial charge in [0.15, 0.2) is 0 Å². The number of benzene rings is 2. The molecule has 0 spiro atoms. The molecule has 0 atom stereocenters. The lowest BCUT2D eigenvalue weighted by Gasteiger charge is -2.05. The molecule has 5 aromatic rings. The maximum absolute atomic E-state index is 14.0. The van der Waals surface area contributed by atoms with Gasteiger partial charge in [-0.05, 0) is 43.3 Å². The van der Waals surface area contributed by atoms with Gasteiger partial charge < -0.3 is 10.3 Å². The molecule has 5 rings (SSSR count). The average Bonchev–Trinajstić information content (AvgIpc) is 3.39. The molecule has 0 saturated heterocycles. The van der Waals surface area contributed by atoms with Crippen LogP contribution in [0.1, 0.15) is 11.5 Å². The Balaban J connectivity index is 1.56. The predicted molar refractivity (Wildman–Crippen MR) is 117 cm³/mol. The number of fused-ring (bicyclic) bond motifs is 1. The minimum atomic E-state index is -0.300. The van der Waals surface area contributed by atoms with Crippen molar-refractivity contribution in [2.24, 2.45) is 0 Å². The number of rotatable bonds is 5. The molecule has 0 unspecified atom stereocenters. The van der Waals surface area contributed by atoms with Gasteiger partial charge in [-0.1, -0.05) is 24.3 Å². The van der Waals surface area contributed by atoms with Gasteiger partial charge in [-0.2, -0.15) is 8.75 Å². The van der Waals surface area contributed by atoms with Crippen molar-refractivity contribution in [3.8, 4) is 22.6 Å². The second-order valence-electron chi connectivity index (χ2n) is 6.87. The highest BCUT2D eigenvalue weighted by atomic mass is 32.1. The Morgan fingerprint density at radius 3 is 2.70 bits per heavy atom. The molecule has 3 aromatic heterocycles. The number of para-hydroxylation sites is 1. The van der Waals surface area contributed by atoms with Crippen molar-refractivity contribution in [1.29, 1.82) is 0 Å². The van der Waals surface area contributed by atoms with Crippen LogP contribution >= 0.6 is 11.7 Å². The maximum atomic E-state index is 14.0. The molecule has 148 valence electrons. The number of halogens is 1. The van der Waals surface area contributed by atoms with Crippen LogP contribution in [0.2, 0.25) is 0 Å². The van der Waals surface area contributed by atoms with E-state index in [1.807, 2.05) is 43.3 Å². The number of nitrogens with one attached hydrogen (secondary N) is 2. The van der Waals surface area contributed by atoms with Gasteiger partial charge in [0.25, 0.3) is 0 Å². The summed E-state index contributed by atoms with van der Waals surface area (Å²) in [7, 11) is 0. The Hall–Kier alpha value is -3.65. The molecule has 2 aromatic carbocycles. The molecule has 0 bridgehead atoms. The number of nitrogens with zero attached hydrogens (tertiary/aromatic N) is 4. The van der Waals surface area contributed by atoms with Gasteiger partial charge in [0, 0.05) is 11.3 Å². The summed E-state index contributed by atoms with van der Waals surface area (Å²) in [5.41, 5.74) is 6.33. The maximum Gasteiger partial charge on any atom is 0.146 e. The van der Waals surface area contributed by atoms with Gasteiger partial charge in [-0.15, -0.1) is 0 Å². The topological polar surface area (TPSA) is 79.4 Å². The highest BCUT2D eigenvalue weighted by molar-refractivity contribution is 7.00. The van der Waals surface area contributed by atoms with E-state index >= 15 is 0 Å². The van der Waals surface area contributed by atoms with E-state index in [0.29, 0.717) is 18.1 Å². The number of hydrogen-bond donors (Lipinski definition) is 2. The van der Waals surface area contributed by atoms with Gasteiger partial charge in [-0.3, -0.25) is 4.98 Å². The summed E-state index contributed by atoms with van der Waals surface area (Å²) < 4.78 is 22.6. The summed E-state index contributed by atoms with van der Waals surface area (Å²) in [6, 6.07) is 18.3. The van der Waals surface area contributed by atoms with Gasteiger partial charge in [0.2, 0.25) is 0 Å². The van der Waals surface area contributed by atoms with E-state index in [2.05, 4.69) is 24.0 Å². The molecular weight excluding hydrogens is 399 g/mol. The zero-order chi connectivity index (χ0) is 20.5. The Labute approximate surface area is 176 Å². The minimum absolute atomic E-state index is 0.300. The molecule has 2 N–H and O–H groups in total. The molecule has 0 aliphatic carbocycles. The fraction of sp³-hybridized carbons (Fsp3) is 0.0909. The van der Waals surface area contributed by atoms with Crippen LogP contribution in [0.5, 0.6) is 0 Å². The van der Waals surface area contributed by atoms with Crippen molar-refractivity contribution in [2.45, 2.75) is 13.5 Å². The first-order chi connectivity index (χ1) is 14.7. The molecule has 0 amide bonds. The predicted octanol–water partition coefficient (Wildman–Crippen LogP) is 5.20. The quantitative estimate of drug-likeness (QED) is 0.411.